The third kappa shape index (κ3) is 4.11. The molecular weight excluding hydrogens is 259 g/mol. The lowest BCUT2D eigenvalue weighted by atomic mass is 10.1. The first-order chi connectivity index (χ1) is 8.94. The Bertz CT molecular complexity index is 430. The van der Waals surface area contributed by atoms with Crippen molar-refractivity contribution in [1.29, 1.82) is 0 Å². The summed E-state index contributed by atoms with van der Waals surface area (Å²) in [5.74, 6) is -0.184. The molecule has 0 radical (unpaired) electrons. The molecule has 1 saturated carbocycles. The van der Waals surface area contributed by atoms with Gasteiger partial charge in [-0.3, -0.25) is 0 Å². The predicted molar refractivity (Wildman–Crippen MR) is 63.6 cm³/mol. The molecule has 1 aliphatic rings. The third-order valence-electron chi connectivity index (χ3n) is 3.31. The molecule has 19 heavy (non-hydrogen) atoms. The van der Waals surface area contributed by atoms with Crippen LogP contribution in [0.5, 0.6) is 5.75 Å². The molecule has 0 aromatic heterocycles. The summed E-state index contributed by atoms with van der Waals surface area (Å²) in [5, 5.41) is 12.2. The van der Waals surface area contributed by atoms with Gasteiger partial charge in [0.1, 0.15) is 5.75 Å². The van der Waals surface area contributed by atoms with E-state index in [0.717, 1.165) is 12.8 Å². The number of nitrogens with one attached hydrogen (secondary N) is 1. The molecule has 106 valence electrons. The zero-order chi connectivity index (χ0) is 13.9. The summed E-state index contributed by atoms with van der Waals surface area (Å²) in [6, 6.07) is 6.05. The van der Waals surface area contributed by atoms with Crippen molar-refractivity contribution in [3.63, 3.8) is 0 Å². The van der Waals surface area contributed by atoms with Crippen LogP contribution in [-0.2, 0) is 6.54 Å². The molecule has 0 unspecified atom stereocenters. The molecule has 1 aromatic rings. The quantitative estimate of drug-likeness (QED) is 0.838. The molecule has 6 heteroatoms. The number of aliphatic hydroxyl groups excluding tert-OH is 1. The van der Waals surface area contributed by atoms with Gasteiger partial charge in [-0.05, 0) is 18.9 Å². The Balaban J connectivity index is 1.92. The van der Waals surface area contributed by atoms with Crippen LogP contribution in [-0.4, -0.2) is 24.6 Å². The van der Waals surface area contributed by atoms with E-state index in [9.17, 15) is 13.2 Å². The van der Waals surface area contributed by atoms with E-state index in [-0.39, 0.29) is 24.3 Å². The highest BCUT2D eigenvalue weighted by molar-refractivity contribution is 5.33. The van der Waals surface area contributed by atoms with Crippen LogP contribution in [0.25, 0.3) is 0 Å². The minimum Gasteiger partial charge on any atom is -0.405 e. The fourth-order valence-electron chi connectivity index (χ4n) is 1.90. The van der Waals surface area contributed by atoms with E-state index >= 15 is 0 Å². The van der Waals surface area contributed by atoms with Gasteiger partial charge in [0, 0.05) is 30.7 Å². The second-order valence-electron chi connectivity index (χ2n) is 4.92. The van der Waals surface area contributed by atoms with Gasteiger partial charge >= 0.3 is 6.36 Å². The highest BCUT2D eigenvalue weighted by Gasteiger charge is 2.41. The van der Waals surface area contributed by atoms with Crippen molar-refractivity contribution in [1.82, 2.24) is 5.32 Å². The van der Waals surface area contributed by atoms with Crippen molar-refractivity contribution in [2.24, 2.45) is 5.41 Å². The standard InChI is InChI=1S/C13H16F3NO2/c14-13(15,16)19-11-4-2-1-3-10(11)7-17-8-12(9-18)5-6-12/h1-4,17-18H,5-9H2. The Kier molecular flexibility index (Phi) is 4.01. The van der Waals surface area contributed by atoms with Crippen molar-refractivity contribution in [3.05, 3.63) is 29.8 Å². The third-order valence-corrected chi connectivity index (χ3v) is 3.31. The smallest absolute Gasteiger partial charge is 0.405 e. The number of para-hydroxylation sites is 1. The van der Waals surface area contributed by atoms with Gasteiger partial charge in [-0.15, -0.1) is 13.2 Å². The number of hydrogen-bond acceptors (Lipinski definition) is 3. The van der Waals surface area contributed by atoms with Gasteiger partial charge < -0.3 is 15.2 Å². The lowest BCUT2D eigenvalue weighted by Crippen LogP contribution is -2.26. The van der Waals surface area contributed by atoms with Crippen molar-refractivity contribution >= 4 is 0 Å². The minimum absolute atomic E-state index is 0.0696. The van der Waals surface area contributed by atoms with Crippen LogP contribution in [0.4, 0.5) is 13.2 Å². The molecule has 2 rings (SSSR count). The van der Waals surface area contributed by atoms with Gasteiger partial charge in [-0.2, -0.15) is 0 Å². The van der Waals surface area contributed by atoms with Crippen LogP contribution in [0.2, 0.25) is 0 Å². The number of ether oxygens (including phenoxy) is 1. The minimum atomic E-state index is -4.68. The van der Waals surface area contributed by atoms with E-state index in [1.54, 1.807) is 12.1 Å². The van der Waals surface area contributed by atoms with Gasteiger partial charge in [0.2, 0.25) is 0 Å². The molecule has 0 bridgehead atoms. The maximum atomic E-state index is 12.2. The lowest BCUT2D eigenvalue weighted by molar-refractivity contribution is -0.274. The Morgan fingerprint density at radius 3 is 2.53 bits per heavy atom. The average molecular weight is 275 g/mol. The van der Waals surface area contributed by atoms with Crippen molar-refractivity contribution in [2.75, 3.05) is 13.2 Å². The largest absolute Gasteiger partial charge is 0.573 e. The fraction of sp³-hybridized carbons (Fsp3) is 0.538. The molecule has 0 saturated heterocycles. The summed E-state index contributed by atoms with van der Waals surface area (Å²) in [4.78, 5) is 0. The molecule has 3 nitrogen and oxygen atoms in total. The predicted octanol–water partition coefficient (Wildman–Crippen LogP) is 2.45. The molecule has 0 aliphatic heterocycles. The molecule has 0 atom stereocenters. The molecule has 1 aromatic carbocycles. The molecule has 1 fully saturated rings. The molecule has 0 amide bonds. The van der Waals surface area contributed by atoms with Crippen LogP contribution >= 0.6 is 0 Å². The summed E-state index contributed by atoms with van der Waals surface area (Å²) in [6.45, 7) is 0.999. The van der Waals surface area contributed by atoms with Crippen molar-refractivity contribution < 1.29 is 23.0 Å². The molecule has 1 aliphatic carbocycles. The summed E-state index contributed by atoms with van der Waals surface area (Å²) in [5.41, 5.74) is 0.383. The average Bonchev–Trinajstić information content (AvgIpc) is 3.10. The zero-order valence-corrected chi connectivity index (χ0v) is 10.3. The van der Waals surface area contributed by atoms with Gasteiger partial charge in [-0.25, -0.2) is 0 Å². The second-order valence-corrected chi connectivity index (χ2v) is 4.92. The van der Waals surface area contributed by atoms with E-state index in [1.807, 2.05) is 0 Å². The van der Waals surface area contributed by atoms with Gasteiger partial charge in [0.25, 0.3) is 0 Å². The van der Waals surface area contributed by atoms with Crippen LogP contribution in [0, 0.1) is 5.41 Å². The maximum Gasteiger partial charge on any atom is 0.573 e. The first-order valence-corrected chi connectivity index (χ1v) is 6.09. The van der Waals surface area contributed by atoms with E-state index in [0.29, 0.717) is 12.1 Å². The normalized spacial score (nSPS) is 17.3. The Morgan fingerprint density at radius 2 is 1.95 bits per heavy atom. The van der Waals surface area contributed by atoms with E-state index in [4.69, 9.17) is 5.11 Å². The van der Waals surface area contributed by atoms with Gasteiger partial charge in [-0.1, -0.05) is 18.2 Å². The van der Waals surface area contributed by atoms with E-state index < -0.39 is 6.36 Å². The van der Waals surface area contributed by atoms with E-state index in [1.165, 1.54) is 12.1 Å². The number of rotatable bonds is 6. The van der Waals surface area contributed by atoms with Gasteiger partial charge in [0.05, 0.1) is 0 Å². The summed E-state index contributed by atoms with van der Waals surface area (Å²) < 4.78 is 40.6. The highest BCUT2D eigenvalue weighted by Crippen LogP contribution is 2.44. The van der Waals surface area contributed by atoms with Gasteiger partial charge in [0.15, 0.2) is 0 Å². The maximum absolute atomic E-state index is 12.2. The molecule has 0 heterocycles. The number of alkyl halides is 3. The van der Waals surface area contributed by atoms with Crippen molar-refractivity contribution in [3.8, 4) is 5.75 Å². The SMILES string of the molecule is OCC1(CNCc2ccccc2OC(F)(F)F)CC1. The van der Waals surface area contributed by atoms with E-state index in [2.05, 4.69) is 10.1 Å². The monoisotopic (exact) mass is 275 g/mol. The summed E-state index contributed by atoms with van der Waals surface area (Å²) >= 11 is 0. The Morgan fingerprint density at radius 1 is 1.26 bits per heavy atom. The number of aliphatic hydroxyl groups is 1. The van der Waals surface area contributed by atoms with Crippen LogP contribution in [0.3, 0.4) is 0 Å². The lowest BCUT2D eigenvalue weighted by Gasteiger charge is -2.16. The Labute approximate surface area is 109 Å². The number of hydrogen-bond donors (Lipinski definition) is 2. The first kappa shape index (κ1) is 14.1. The number of benzene rings is 1. The van der Waals surface area contributed by atoms with Crippen LogP contribution in [0.15, 0.2) is 24.3 Å². The topological polar surface area (TPSA) is 41.5 Å². The van der Waals surface area contributed by atoms with Crippen molar-refractivity contribution in [2.45, 2.75) is 25.7 Å². The second kappa shape index (κ2) is 5.38. The zero-order valence-electron chi connectivity index (χ0n) is 10.3. The molecule has 0 spiro atoms. The Hall–Kier alpha value is -1.27. The highest BCUT2D eigenvalue weighted by atomic mass is 19.4. The molecule has 2 N–H and O–H groups in total. The summed E-state index contributed by atoms with van der Waals surface area (Å²) in [7, 11) is 0. The fourth-order valence-corrected chi connectivity index (χ4v) is 1.90. The van der Waals surface area contributed by atoms with Crippen LogP contribution in [0.1, 0.15) is 18.4 Å². The summed E-state index contributed by atoms with van der Waals surface area (Å²) in [6.07, 6.45) is -2.77. The first-order valence-electron chi connectivity index (χ1n) is 6.09. The molecular formula is C13H16F3NO2. The van der Waals surface area contributed by atoms with Crippen LogP contribution < -0.4 is 10.1 Å². The number of halogens is 3.